The van der Waals surface area contributed by atoms with Crippen LogP contribution in [0.1, 0.15) is 22.6 Å². The summed E-state index contributed by atoms with van der Waals surface area (Å²) in [6, 6.07) is 15.9. The minimum Gasteiger partial charge on any atom is -0.410 e. The number of rotatable bonds is 1. The van der Waals surface area contributed by atoms with Crippen molar-refractivity contribution < 1.29 is 4.42 Å². The zero-order chi connectivity index (χ0) is 14.7. The van der Waals surface area contributed by atoms with Gasteiger partial charge < -0.3 is 4.42 Å². The molecule has 0 aliphatic rings. The van der Waals surface area contributed by atoms with Gasteiger partial charge in [0.15, 0.2) is 0 Å². The average Bonchev–Trinajstić information content (AvgIpc) is 2.96. The highest BCUT2D eigenvalue weighted by molar-refractivity contribution is 5.53. The molecule has 2 aromatic carbocycles. The van der Waals surface area contributed by atoms with Crippen LogP contribution in [0, 0.1) is 25.7 Å². The fourth-order valence-corrected chi connectivity index (χ4v) is 1.85. The highest BCUT2D eigenvalue weighted by Crippen LogP contribution is 2.17. The molecule has 0 aliphatic heterocycles. The summed E-state index contributed by atoms with van der Waals surface area (Å²) in [7, 11) is 0. The summed E-state index contributed by atoms with van der Waals surface area (Å²) in [6.45, 7) is 4.08. The molecular weight excluding hydrogens is 260 g/mol. The smallest absolute Gasteiger partial charge is 0.294 e. The fraction of sp³-hybridized carbons (Fsp3) is 0.111. The Hall–Kier alpha value is -2.86. The van der Waals surface area contributed by atoms with Gasteiger partial charge in [0, 0.05) is 11.1 Å². The lowest BCUT2D eigenvalue weighted by atomic mass is 10.1. The Morgan fingerprint density at radius 2 is 1.38 bits per heavy atom. The maximum absolute atomic E-state index is 5.56. The molecule has 0 unspecified atom stereocenters. The van der Waals surface area contributed by atoms with Gasteiger partial charge >= 0.3 is 0 Å². The maximum atomic E-state index is 5.56. The van der Waals surface area contributed by atoms with Crippen LogP contribution in [0.5, 0.6) is 0 Å². The van der Waals surface area contributed by atoms with E-state index in [2.05, 4.69) is 22.0 Å². The molecule has 1 aromatic heterocycles. The summed E-state index contributed by atoms with van der Waals surface area (Å²) in [6.07, 6.45) is 0. The molecule has 0 N–H and O–H groups in total. The summed E-state index contributed by atoms with van der Waals surface area (Å²) in [5.74, 6) is 6.72. The van der Waals surface area contributed by atoms with Crippen molar-refractivity contribution in [2.45, 2.75) is 13.8 Å². The molecule has 0 aliphatic carbocycles. The maximum Gasteiger partial charge on any atom is 0.294 e. The van der Waals surface area contributed by atoms with E-state index in [0.29, 0.717) is 11.8 Å². The second-order valence-electron chi connectivity index (χ2n) is 4.89. The van der Waals surface area contributed by atoms with Gasteiger partial charge in [-0.15, -0.1) is 5.10 Å². The Kier molecular flexibility index (Phi) is 3.53. The molecule has 3 nitrogen and oxygen atoms in total. The van der Waals surface area contributed by atoms with Crippen LogP contribution in [-0.4, -0.2) is 10.2 Å². The molecule has 1 heterocycles. The summed E-state index contributed by atoms with van der Waals surface area (Å²) in [5, 5.41) is 7.98. The van der Waals surface area contributed by atoms with Crippen molar-refractivity contribution in [2.24, 2.45) is 0 Å². The van der Waals surface area contributed by atoms with E-state index in [0.717, 1.165) is 11.1 Å². The third kappa shape index (κ3) is 3.18. The minimum atomic E-state index is 0.325. The predicted molar refractivity (Wildman–Crippen MR) is 81.6 cm³/mol. The van der Waals surface area contributed by atoms with Crippen molar-refractivity contribution in [3.8, 4) is 23.3 Å². The largest absolute Gasteiger partial charge is 0.410 e. The van der Waals surface area contributed by atoms with Crippen molar-refractivity contribution in [3.05, 3.63) is 71.1 Å². The summed E-state index contributed by atoms with van der Waals surface area (Å²) in [5.41, 5.74) is 4.23. The monoisotopic (exact) mass is 274 g/mol. The van der Waals surface area contributed by atoms with Crippen LogP contribution in [0.4, 0.5) is 0 Å². The Morgan fingerprint density at radius 1 is 0.762 bits per heavy atom. The lowest BCUT2D eigenvalue weighted by Crippen LogP contribution is -1.78. The number of nitrogens with zero attached hydrogens (tertiary/aromatic N) is 2. The lowest BCUT2D eigenvalue weighted by molar-refractivity contribution is 0.555. The SMILES string of the molecule is Cc1ccc(C#Cc2nnc(-c3ccc(C)cc3)o2)cc1. The van der Waals surface area contributed by atoms with Gasteiger partial charge in [-0.3, -0.25) is 0 Å². The second-order valence-corrected chi connectivity index (χ2v) is 4.89. The second kappa shape index (κ2) is 5.64. The van der Waals surface area contributed by atoms with Crippen molar-refractivity contribution in [1.82, 2.24) is 10.2 Å². The third-order valence-electron chi connectivity index (χ3n) is 3.09. The molecule has 102 valence electrons. The third-order valence-corrected chi connectivity index (χ3v) is 3.09. The first-order valence-electron chi connectivity index (χ1n) is 6.70. The number of hydrogen-bond acceptors (Lipinski definition) is 3. The van der Waals surface area contributed by atoms with Gasteiger partial charge in [-0.2, -0.15) is 0 Å². The highest BCUT2D eigenvalue weighted by Gasteiger charge is 2.06. The van der Waals surface area contributed by atoms with Crippen molar-refractivity contribution in [1.29, 1.82) is 0 Å². The molecule has 0 saturated heterocycles. The van der Waals surface area contributed by atoms with E-state index >= 15 is 0 Å². The van der Waals surface area contributed by atoms with Gasteiger partial charge in [-0.1, -0.05) is 46.4 Å². The van der Waals surface area contributed by atoms with Gasteiger partial charge in [0.2, 0.25) is 5.89 Å². The van der Waals surface area contributed by atoms with Crippen LogP contribution in [0.3, 0.4) is 0 Å². The molecule has 0 radical (unpaired) electrons. The minimum absolute atomic E-state index is 0.325. The zero-order valence-corrected chi connectivity index (χ0v) is 11.9. The molecule has 0 bridgehead atoms. The van der Waals surface area contributed by atoms with Gasteiger partial charge in [-0.25, -0.2) is 0 Å². The average molecular weight is 274 g/mol. The quantitative estimate of drug-likeness (QED) is 0.634. The molecule has 3 aromatic rings. The van der Waals surface area contributed by atoms with E-state index in [1.807, 2.05) is 62.4 Å². The topological polar surface area (TPSA) is 38.9 Å². The first kappa shape index (κ1) is 13.1. The Morgan fingerprint density at radius 3 is 2.05 bits per heavy atom. The number of aromatic nitrogens is 2. The van der Waals surface area contributed by atoms with Gasteiger partial charge in [0.25, 0.3) is 5.89 Å². The normalized spacial score (nSPS) is 10.0. The molecule has 0 atom stereocenters. The fourth-order valence-electron chi connectivity index (χ4n) is 1.85. The number of hydrogen-bond donors (Lipinski definition) is 0. The zero-order valence-electron chi connectivity index (χ0n) is 11.9. The van der Waals surface area contributed by atoms with Crippen LogP contribution in [0.2, 0.25) is 0 Å². The Bertz CT molecular complexity index is 803. The van der Waals surface area contributed by atoms with Crippen LogP contribution in [0.15, 0.2) is 52.9 Å². The number of aryl methyl sites for hydroxylation is 2. The lowest BCUT2D eigenvalue weighted by Gasteiger charge is -1.94. The summed E-state index contributed by atoms with van der Waals surface area (Å²) < 4.78 is 5.56. The van der Waals surface area contributed by atoms with Crippen molar-refractivity contribution in [3.63, 3.8) is 0 Å². The first-order chi connectivity index (χ1) is 10.2. The van der Waals surface area contributed by atoms with Gasteiger partial charge in [-0.05, 0) is 44.0 Å². The molecule has 0 spiro atoms. The van der Waals surface area contributed by atoms with Crippen LogP contribution < -0.4 is 0 Å². The Balaban J connectivity index is 1.82. The van der Waals surface area contributed by atoms with Crippen molar-refractivity contribution in [2.75, 3.05) is 0 Å². The van der Waals surface area contributed by atoms with E-state index in [9.17, 15) is 0 Å². The summed E-state index contributed by atoms with van der Waals surface area (Å²) >= 11 is 0. The molecular formula is C18H14N2O. The molecule has 0 fully saturated rings. The van der Waals surface area contributed by atoms with Crippen LogP contribution in [0.25, 0.3) is 11.5 Å². The molecule has 3 rings (SSSR count). The highest BCUT2D eigenvalue weighted by atomic mass is 16.4. The standard InChI is InChI=1S/C18H14N2O/c1-13-3-7-15(8-4-13)9-12-17-19-20-18(21-17)16-10-5-14(2)6-11-16/h3-8,10-11H,1-2H3. The van der Waals surface area contributed by atoms with E-state index < -0.39 is 0 Å². The molecule has 0 amide bonds. The van der Waals surface area contributed by atoms with Gasteiger partial charge in [0.1, 0.15) is 0 Å². The van der Waals surface area contributed by atoms with E-state index in [-0.39, 0.29) is 0 Å². The van der Waals surface area contributed by atoms with Crippen LogP contribution >= 0.6 is 0 Å². The van der Waals surface area contributed by atoms with Gasteiger partial charge in [0.05, 0.1) is 0 Å². The molecule has 3 heteroatoms. The molecule has 21 heavy (non-hydrogen) atoms. The first-order valence-corrected chi connectivity index (χ1v) is 6.70. The van der Waals surface area contributed by atoms with E-state index in [1.165, 1.54) is 11.1 Å². The Labute approximate surface area is 123 Å². The van der Waals surface area contributed by atoms with Crippen LogP contribution in [-0.2, 0) is 0 Å². The number of benzene rings is 2. The van der Waals surface area contributed by atoms with E-state index in [1.54, 1.807) is 0 Å². The summed E-state index contributed by atoms with van der Waals surface area (Å²) in [4.78, 5) is 0. The molecule has 0 saturated carbocycles. The van der Waals surface area contributed by atoms with Crippen molar-refractivity contribution >= 4 is 0 Å². The predicted octanol–water partition coefficient (Wildman–Crippen LogP) is 3.75. The van der Waals surface area contributed by atoms with E-state index in [4.69, 9.17) is 4.42 Å².